The van der Waals surface area contributed by atoms with Crippen LogP contribution in [0.2, 0.25) is 0 Å². The van der Waals surface area contributed by atoms with Gasteiger partial charge in [0, 0.05) is 28.9 Å². The molecule has 0 bridgehead atoms. The molecule has 21 heavy (non-hydrogen) atoms. The maximum absolute atomic E-state index is 12.5. The zero-order chi connectivity index (χ0) is 15.8. The number of hydrogen-bond donors (Lipinski definition) is 0. The second-order valence-corrected chi connectivity index (χ2v) is 6.73. The molecule has 3 unspecified atom stereocenters. The van der Waals surface area contributed by atoms with Crippen LogP contribution in [-0.4, -0.2) is 33.4 Å². The van der Waals surface area contributed by atoms with E-state index in [2.05, 4.69) is 0 Å². The lowest BCUT2D eigenvalue weighted by atomic mass is 10.1. The van der Waals surface area contributed by atoms with Crippen molar-refractivity contribution in [2.45, 2.75) is 15.8 Å². The number of hydrogen-bond acceptors (Lipinski definition) is 2. The molecule has 1 fully saturated rings. The fourth-order valence-corrected chi connectivity index (χ4v) is 3.38. The zero-order valence-electron chi connectivity index (χ0n) is 10.4. The number of nitrogens with zero attached hydrogens (tertiary/aromatic N) is 1. The number of benzene rings is 1. The SMILES string of the molecule is O=C1C(Cl)C(CCl)CN1c1cccc(S(=O)C(F)(F)F)c1. The van der Waals surface area contributed by atoms with Crippen LogP contribution in [0.5, 0.6) is 0 Å². The van der Waals surface area contributed by atoms with Crippen molar-refractivity contribution in [1.82, 2.24) is 0 Å². The van der Waals surface area contributed by atoms with Gasteiger partial charge in [-0.2, -0.15) is 13.2 Å². The average Bonchev–Trinajstić information content (AvgIpc) is 2.73. The van der Waals surface area contributed by atoms with E-state index in [4.69, 9.17) is 23.2 Å². The monoisotopic (exact) mass is 359 g/mol. The van der Waals surface area contributed by atoms with Gasteiger partial charge in [-0.3, -0.25) is 4.79 Å². The molecule has 1 aromatic rings. The van der Waals surface area contributed by atoms with Crippen LogP contribution < -0.4 is 4.90 Å². The van der Waals surface area contributed by atoms with E-state index in [0.717, 1.165) is 12.1 Å². The average molecular weight is 360 g/mol. The zero-order valence-corrected chi connectivity index (χ0v) is 12.8. The van der Waals surface area contributed by atoms with E-state index in [1.807, 2.05) is 0 Å². The topological polar surface area (TPSA) is 37.4 Å². The standard InChI is InChI=1S/C12H10Cl2F3NO2S/c13-5-7-6-18(11(19)10(7)14)8-2-1-3-9(4-8)21(20)12(15,16)17/h1-4,7,10H,5-6H2. The molecule has 9 heteroatoms. The number of carbonyl (C=O) groups excluding carboxylic acids is 1. The molecular weight excluding hydrogens is 350 g/mol. The highest BCUT2D eigenvalue weighted by Crippen LogP contribution is 2.32. The first-order chi connectivity index (χ1) is 9.75. The fourth-order valence-electron chi connectivity index (χ4n) is 2.03. The van der Waals surface area contributed by atoms with Crippen LogP contribution in [-0.2, 0) is 15.6 Å². The summed E-state index contributed by atoms with van der Waals surface area (Å²) >= 11 is 11.6. The molecule has 2 rings (SSSR count). The summed E-state index contributed by atoms with van der Waals surface area (Å²) in [6, 6.07) is 4.97. The van der Waals surface area contributed by atoms with E-state index in [9.17, 15) is 22.2 Å². The Bertz CT molecular complexity index is 582. The third-order valence-corrected chi connectivity index (χ3v) is 5.13. The van der Waals surface area contributed by atoms with Crippen molar-refractivity contribution in [3.8, 4) is 0 Å². The number of anilines is 1. The molecule has 1 heterocycles. The lowest BCUT2D eigenvalue weighted by Gasteiger charge is -2.17. The Kier molecular flexibility index (Phi) is 4.85. The molecular formula is C12H10Cl2F3NO2S. The molecule has 1 amide bonds. The van der Waals surface area contributed by atoms with Gasteiger partial charge in [0.15, 0.2) is 10.8 Å². The molecule has 3 atom stereocenters. The van der Waals surface area contributed by atoms with E-state index in [1.54, 1.807) is 0 Å². The number of carbonyl (C=O) groups is 1. The summed E-state index contributed by atoms with van der Waals surface area (Å²) in [5.41, 5.74) is -4.62. The quantitative estimate of drug-likeness (QED) is 0.777. The van der Waals surface area contributed by atoms with Gasteiger partial charge in [0.25, 0.3) is 0 Å². The first kappa shape index (κ1) is 16.6. The van der Waals surface area contributed by atoms with E-state index in [0.29, 0.717) is 0 Å². The highest BCUT2D eigenvalue weighted by atomic mass is 35.5. The predicted molar refractivity (Wildman–Crippen MR) is 75.1 cm³/mol. The summed E-state index contributed by atoms with van der Waals surface area (Å²) in [5, 5.41) is -0.806. The summed E-state index contributed by atoms with van der Waals surface area (Å²) in [4.78, 5) is 12.8. The fraction of sp³-hybridized carbons (Fsp3) is 0.417. The Morgan fingerprint density at radius 1 is 1.38 bits per heavy atom. The molecule has 0 aromatic heterocycles. The molecule has 0 saturated carbocycles. The second-order valence-electron chi connectivity index (χ2n) is 4.48. The Balaban J connectivity index is 2.31. The summed E-state index contributed by atoms with van der Waals surface area (Å²) in [5.74, 6) is -0.528. The van der Waals surface area contributed by atoms with Crippen molar-refractivity contribution in [3.05, 3.63) is 24.3 Å². The number of halogens is 5. The first-order valence-electron chi connectivity index (χ1n) is 5.85. The van der Waals surface area contributed by atoms with Gasteiger partial charge in [-0.25, -0.2) is 4.21 Å². The maximum Gasteiger partial charge on any atom is 0.475 e. The highest BCUT2D eigenvalue weighted by Gasteiger charge is 2.41. The van der Waals surface area contributed by atoms with E-state index >= 15 is 0 Å². The van der Waals surface area contributed by atoms with Crippen molar-refractivity contribution < 1.29 is 22.2 Å². The predicted octanol–water partition coefficient (Wildman–Crippen LogP) is 3.12. The van der Waals surface area contributed by atoms with Crippen LogP contribution in [0.15, 0.2) is 29.2 Å². The van der Waals surface area contributed by atoms with Gasteiger partial charge in [0.1, 0.15) is 5.38 Å². The number of amides is 1. The lowest BCUT2D eigenvalue weighted by molar-refractivity contribution is -0.117. The van der Waals surface area contributed by atoms with Crippen LogP contribution in [0.3, 0.4) is 0 Å². The van der Waals surface area contributed by atoms with Crippen molar-refractivity contribution >= 4 is 45.6 Å². The number of rotatable bonds is 3. The highest BCUT2D eigenvalue weighted by molar-refractivity contribution is 7.86. The van der Waals surface area contributed by atoms with Gasteiger partial charge in [0.05, 0.1) is 0 Å². The van der Waals surface area contributed by atoms with E-state index in [1.165, 1.54) is 17.0 Å². The maximum atomic E-state index is 12.5. The Labute approximate surface area is 131 Å². The van der Waals surface area contributed by atoms with Crippen LogP contribution in [0.1, 0.15) is 0 Å². The summed E-state index contributed by atoms with van der Waals surface area (Å²) in [6.45, 7) is 0.221. The van der Waals surface area contributed by atoms with Crippen molar-refractivity contribution in [2.24, 2.45) is 5.92 Å². The molecule has 0 N–H and O–H groups in total. The van der Waals surface area contributed by atoms with Gasteiger partial charge >= 0.3 is 5.51 Å². The minimum atomic E-state index is -4.85. The lowest BCUT2D eigenvalue weighted by Crippen LogP contribution is -2.27. The van der Waals surface area contributed by atoms with E-state index < -0.39 is 32.5 Å². The summed E-state index contributed by atoms with van der Waals surface area (Å²) in [6.07, 6.45) is 0. The summed E-state index contributed by atoms with van der Waals surface area (Å²) < 4.78 is 48.8. The molecule has 0 aliphatic carbocycles. The van der Waals surface area contributed by atoms with Gasteiger partial charge in [0.2, 0.25) is 5.91 Å². The molecule has 0 radical (unpaired) electrons. The van der Waals surface area contributed by atoms with Crippen molar-refractivity contribution in [2.75, 3.05) is 17.3 Å². The van der Waals surface area contributed by atoms with Crippen LogP contribution in [0.25, 0.3) is 0 Å². The Morgan fingerprint density at radius 2 is 2.05 bits per heavy atom. The van der Waals surface area contributed by atoms with Crippen molar-refractivity contribution in [3.63, 3.8) is 0 Å². The Morgan fingerprint density at radius 3 is 2.57 bits per heavy atom. The van der Waals surface area contributed by atoms with Gasteiger partial charge < -0.3 is 4.90 Å². The van der Waals surface area contributed by atoms with Crippen LogP contribution >= 0.6 is 23.2 Å². The third kappa shape index (κ3) is 3.35. The summed E-state index contributed by atoms with van der Waals surface area (Å²) in [7, 11) is -3.14. The Hall–Kier alpha value is -0.790. The molecule has 0 spiro atoms. The van der Waals surface area contributed by atoms with Crippen LogP contribution in [0, 0.1) is 5.92 Å². The molecule has 1 saturated heterocycles. The second kappa shape index (κ2) is 6.14. The van der Waals surface area contributed by atoms with Gasteiger partial charge in [-0.15, -0.1) is 23.2 Å². The minimum Gasteiger partial charge on any atom is -0.311 e. The smallest absolute Gasteiger partial charge is 0.311 e. The molecule has 1 aliphatic heterocycles. The van der Waals surface area contributed by atoms with Crippen molar-refractivity contribution in [1.29, 1.82) is 0 Å². The third-order valence-electron chi connectivity index (χ3n) is 3.08. The minimum absolute atomic E-state index is 0.171. The van der Waals surface area contributed by atoms with E-state index in [-0.39, 0.29) is 24.0 Å². The molecule has 3 nitrogen and oxygen atoms in total. The van der Waals surface area contributed by atoms with Gasteiger partial charge in [-0.05, 0) is 18.2 Å². The first-order valence-corrected chi connectivity index (χ1v) is 7.98. The van der Waals surface area contributed by atoms with Crippen LogP contribution in [0.4, 0.5) is 18.9 Å². The normalized spacial score (nSPS) is 24.4. The molecule has 1 aliphatic rings. The molecule has 1 aromatic carbocycles. The number of alkyl halides is 5. The largest absolute Gasteiger partial charge is 0.475 e. The van der Waals surface area contributed by atoms with Gasteiger partial charge in [-0.1, -0.05) is 6.07 Å². The molecule has 116 valence electrons.